The number of carbonyl (C=O) groups excluding carboxylic acids is 1. The number of hydrogen-bond donors (Lipinski definition) is 1. The van der Waals surface area contributed by atoms with Crippen LogP contribution in [0.4, 0.5) is 5.13 Å². The van der Waals surface area contributed by atoms with E-state index in [4.69, 9.17) is 21.1 Å². The van der Waals surface area contributed by atoms with Crippen molar-refractivity contribution in [1.82, 2.24) is 15.2 Å². The molecule has 0 atom stereocenters. The molecule has 0 aliphatic rings. The maximum Gasteiger partial charge on any atom is 0.295 e. The van der Waals surface area contributed by atoms with Gasteiger partial charge in [-0.2, -0.15) is 0 Å². The van der Waals surface area contributed by atoms with E-state index < -0.39 is 0 Å². The molecular formula is C17H15ClN4O3S. The summed E-state index contributed by atoms with van der Waals surface area (Å²) in [7, 11) is 3.03. The van der Waals surface area contributed by atoms with Crippen LogP contribution in [0.15, 0.2) is 30.5 Å². The number of amides is 1. The summed E-state index contributed by atoms with van der Waals surface area (Å²) in [6.07, 6.45) is 1.53. The molecular weight excluding hydrogens is 376 g/mol. The number of halogens is 1. The third-order valence-electron chi connectivity index (χ3n) is 3.57. The van der Waals surface area contributed by atoms with Crippen molar-refractivity contribution in [2.24, 2.45) is 0 Å². The molecule has 0 radical (unpaired) electrons. The summed E-state index contributed by atoms with van der Waals surface area (Å²) in [5.74, 6) is 0.195. The second-order valence-corrected chi connectivity index (χ2v) is 6.62. The minimum absolute atomic E-state index is 0.308. The van der Waals surface area contributed by atoms with Crippen LogP contribution in [0, 0.1) is 6.92 Å². The Balaban J connectivity index is 2.03. The van der Waals surface area contributed by atoms with Crippen molar-refractivity contribution in [3.8, 4) is 22.1 Å². The van der Waals surface area contributed by atoms with E-state index in [1.165, 1.54) is 20.4 Å². The van der Waals surface area contributed by atoms with Crippen molar-refractivity contribution < 1.29 is 14.3 Å². The van der Waals surface area contributed by atoms with Crippen LogP contribution in [-0.2, 0) is 0 Å². The number of rotatable bonds is 5. The molecule has 134 valence electrons. The summed E-state index contributed by atoms with van der Waals surface area (Å²) < 4.78 is 10.4. The highest BCUT2D eigenvalue weighted by molar-refractivity contribution is 7.17. The van der Waals surface area contributed by atoms with E-state index in [1.54, 1.807) is 12.1 Å². The van der Waals surface area contributed by atoms with Gasteiger partial charge in [-0.05, 0) is 36.0 Å². The molecule has 0 fully saturated rings. The molecule has 1 aromatic carbocycles. The van der Waals surface area contributed by atoms with Gasteiger partial charge in [-0.3, -0.25) is 10.1 Å². The Morgan fingerprint density at radius 3 is 2.65 bits per heavy atom. The number of anilines is 1. The number of carbonyl (C=O) groups is 1. The molecule has 2 aromatic heterocycles. The number of pyridine rings is 1. The van der Waals surface area contributed by atoms with E-state index >= 15 is 0 Å². The summed E-state index contributed by atoms with van der Waals surface area (Å²) in [4.78, 5) is 16.8. The number of nitrogens with one attached hydrogen (secondary N) is 1. The second-order valence-electron chi connectivity index (χ2n) is 5.29. The number of nitrogens with zero attached hydrogens (tertiary/aromatic N) is 3. The number of aromatic nitrogens is 3. The van der Waals surface area contributed by atoms with Gasteiger partial charge in [0.1, 0.15) is 10.9 Å². The van der Waals surface area contributed by atoms with Gasteiger partial charge in [0, 0.05) is 11.1 Å². The maximum atomic E-state index is 12.8. The molecule has 0 bridgehead atoms. The van der Waals surface area contributed by atoms with Crippen molar-refractivity contribution in [3.05, 3.63) is 46.7 Å². The van der Waals surface area contributed by atoms with Crippen LogP contribution in [0.5, 0.6) is 10.9 Å². The molecule has 0 aliphatic heterocycles. The molecule has 3 rings (SSSR count). The third-order valence-corrected chi connectivity index (χ3v) is 4.57. The van der Waals surface area contributed by atoms with Crippen LogP contribution in [0.25, 0.3) is 11.1 Å². The lowest BCUT2D eigenvalue weighted by molar-refractivity contribution is 0.102. The predicted molar refractivity (Wildman–Crippen MR) is 100 cm³/mol. The molecule has 9 heteroatoms. The zero-order valence-electron chi connectivity index (χ0n) is 14.2. The standard InChI is InChI=1S/C17H15ClN4O3S/c1-9-4-5-10(15(23)20-16-21-22-17(25-3)26-16)11(6-9)12-7-14(18)19-8-13(12)24-2/h4-8H,1-3H3,(H,20,21,23). The lowest BCUT2D eigenvalue weighted by atomic mass is 9.97. The van der Waals surface area contributed by atoms with E-state index in [-0.39, 0.29) is 5.91 Å². The molecule has 0 saturated carbocycles. The van der Waals surface area contributed by atoms with E-state index in [0.717, 1.165) is 16.9 Å². The lowest BCUT2D eigenvalue weighted by Crippen LogP contribution is -2.13. The molecule has 7 nitrogen and oxygen atoms in total. The van der Waals surface area contributed by atoms with Crippen molar-refractivity contribution in [2.75, 3.05) is 19.5 Å². The van der Waals surface area contributed by atoms with Crippen LogP contribution in [0.3, 0.4) is 0 Å². The van der Waals surface area contributed by atoms with Gasteiger partial charge in [-0.25, -0.2) is 4.98 Å². The monoisotopic (exact) mass is 390 g/mol. The van der Waals surface area contributed by atoms with E-state index in [2.05, 4.69) is 20.5 Å². The second kappa shape index (κ2) is 7.67. The first-order valence-corrected chi connectivity index (χ1v) is 8.70. The first-order valence-electron chi connectivity index (χ1n) is 7.51. The first-order chi connectivity index (χ1) is 12.5. The average Bonchev–Trinajstić information content (AvgIpc) is 3.09. The molecule has 26 heavy (non-hydrogen) atoms. The molecule has 0 spiro atoms. The summed E-state index contributed by atoms with van der Waals surface area (Å²) in [5, 5.41) is 11.4. The summed E-state index contributed by atoms with van der Waals surface area (Å²) in [5.41, 5.74) is 2.80. The van der Waals surface area contributed by atoms with Crippen LogP contribution in [0.2, 0.25) is 5.15 Å². The quantitative estimate of drug-likeness (QED) is 0.666. The van der Waals surface area contributed by atoms with E-state index in [9.17, 15) is 4.79 Å². The van der Waals surface area contributed by atoms with Gasteiger partial charge in [0.05, 0.1) is 20.4 Å². The topological polar surface area (TPSA) is 86.2 Å². The van der Waals surface area contributed by atoms with Crippen molar-refractivity contribution in [2.45, 2.75) is 6.92 Å². The number of hydrogen-bond acceptors (Lipinski definition) is 7. The maximum absolute atomic E-state index is 12.8. The average molecular weight is 391 g/mol. The zero-order valence-corrected chi connectivity index (χ0v) is 15.8. The normalized spacial score (nSPS) is 10.5. The highest BCUT2D eigenvalue weighted by Gasteiger charge is 2.18. The van der Waals surface area contributed by atoms with Gasteiger partial charge in [0.15, 0.2) is 0 Å². The molecule has 0 aliphatic carbocycles. The Morgan fingerprint density at radius 1 is 1.15 bits per heavy atom. The summed E-state index contributed by atoms with van der Waals surface area (Å²) in [6, 6.07) is 7.16. The Kier molecular flexibility index (Phi) is 5.34. The Hall–Kier alpha value is -2.71. The van der Waals surface area contributed by atoms with Crippen molar-refractivity contribution in [3.63, 3.8) is 0 Å². The van der Waals surface area contributed by atoms with Gasteiger partial charge in [-0.1, -0.05) is 34.4 Å². The summed E-state index contributed by atoms with van der Waals surface area (Å²) in [6.45, 7) is 1.94. The van der Waals surface area contributed by atoms with Crippen LogP contribution in [0.1, 0.15) is 15.9 Å². The largest absolute Gasteiger partial charge is 0.494 e. The van der Waals surface area contributed by atoms with Crippen LogP contribution in [-0.4, -0.2) is 35.3 Å². The van der Waals surface area contributed by atoms with Crippen LogP contribution < -0.4 is 14.8 Å². The summed E-state index contributed by atoms with van der Waals surface area (Å²) >= 11 is 7.18. The molecule has 1 amide bonds. The number of ether oxygens (including phenoxy) is 2. The van der Waals surface area contributed by atoms with Crippen molar-refractivity contribution >= 4 is 34.0 Å². The molecule has 0 unspecified atom stereocenters. The van der Waals surface area contributed by atoms with Crippen LogP contribution >= 0.6 is 22.9 Å². The highest BCUT2D eigenvalue weighted by Crippen LogP contribution is 2.34. The fraction of sp³-hybridized carbons (Fsp3) is 0.176. The molecule has 0 saturated heterocycles. The number of methoxy groups -OCH3 is 2. The number of benzene rings is 1. The SMILES string of the molecule is COc1nnc(NC(=O)c2ccc(C)cc2-c2cc(Cl)ncc2OC)s1. The van der Waals surface area contributed by atoms with E-state index in [0.29, 0.717) is 37.9 Å². The zero-order chi connectivity index (χ0) is 18.7. The van der Waals surface area contributed by atoms with E-state index in [1.807, 2.05) is 19.1 Å². The van der Waals surface area contributed by atoms with Gasteiger partial charge < -0.3 is 9.47 Å². The fourth-order valence-corrected chi connectivity index (χ4v) is 3.09. The smallest absolute Gasteiger partial charge is 0.295 e. The van der Waals surface area contributed by atoms with Gasteiger partial charge >= 0.3 is 0 Å². The van der Waals surface area contributed by atoms with Gasteiger partial charge in [-0.15, -0.1) is 5.10 Å². The number of aryl methyl sites for hydroxylation is 1. The fourth-order valence-electron chi connectivity index (χ4n) is 2.38. The lowest BCUT2D eigenvalue weighted by Gasteiger charge is -2.13. The molecule has 1 N–H and O–H groups in total. The molecule has 3 aromatic rings. The Morgan fingerprint density at radius 2 is 1.96 bits per heavy atom. The third kappa shape index (κ3) is 3.76. The minimum Gasteiger partial charge on any atom is -0.494 e. The first kappa shape index (κ1) is 18.1. The van der Waals surface area contributed by atoms with Crippen molar-refractivity contribution in [1.29, 1.82) is 0 Å². The highest BCUT2D eigenvalue weighted by atomic mass is 35.5. The Bertz CT molecular complexity index is 961. The van der Waals surface area contributed by atoms with Gasteiger partial charge in [0.25, 0.3) is 11.1 Å². The predicted octanol–water partition coefficient (Wildman–Crippen LogP) is 3.83. The molecule has 2 heterocycles. The van der Waals surface area contributed by atoms with Gasteiger partial charge in [0.2, 0.25) is 5.13 Å². The Labute approximate surface area is 159 Å². The minimum atomic E-state index is -0.325.